The van der Waals surface area contributed by atoms with Gasteiger partial charge < -0.3 is 19.6 Å². The molecule has 216 valence electrons. The molecule has 1 atom stereocenters. The summed E-state index contributed by atoms with van der Waals surface area (Å²) in [6.45, 7) is 2.73. The first-order valence-electron chi connectivity index (χ1n) is 13.1. The van der Waals surface area contributed by atoms with E-state index in [1.165, 1.54) is 36.3 Å². The molecule has 2 heterocycles. The Hall–Kier alpha value is -4.15. The van der Waals surface area contributed by atoms with Gasteiger partial charge in [-0.15, -0.1) is 0 Å². The highest BCUT2D eigenvalue weighted by molar-refractivity contribution is 6.05. The van der Waals surface area contributed by atoms with Gasteiger partial charge in [0, 0.05) is 30.3 Å². The maximum absolute atomic E-state index is 15.1. The van der Waals surface area contributed by atoms with Crippen LogP contribution < -0.4 is 14.5 Å². The number of carboxylic acid groups (broad SMARTS) is 1. The number of anilines is 2. The van der Waals surface area contributed by atoms with Crippen LogP contribution in [-0.4, -0.2) is 37.1 Å². The predicted molar refractivity (Wildman–Crippen MR) is 145 cm³/mol. The average Bonchev–Trinajstić information content (AvgIpc) is 2.94. The van der Waals surface area contributed by atoms with E-state index >= 15 is 4.39 Å². The molecule has 41 heavy (non-hydrogen) atoms. The number of aryl methyl sites for hydroxylation is 1. The van der Waals surface area contributed by atoms with Crippen LogP contribution in [0.1, 0.15) is 42.0 Å². The largest absolute Gasteiger partial charge is 0.495 e. The number of aliphatic imine (C=N–C) groups is 1. The summed E-state index contributed by atoms with van der Waals surface area (Å²) in [5.41, 5.74) is 0.645. The normalized spacial score (nSPS) is 17.7. The van der Waals surface area contributed by atoms with Crippen LogP contribution in [0.4, 0.5) is 39.0 Å². The van der Waals surface area contributed by atoms with E-state index in [-0.39, 0.29) is 40.3 Å². The number of hydrogen-bond acceptors (Lipinski definition) is 5. The Morgan fingerprint density at radius 2 is 1.78 bits per heavy atom. The Kier molecular flexibility index (Phi) is 7.63. The standard InChI is InChI=1S/C30H28F5N3O3/c1-17-14-20(7-8-22(17)31)37-12-10-18(11-13-37)29-36-28-21(4-3-5-23(28)32)24(16-27(39)40)38(29)25-15-19(30(33,34)35)6-9-26(25)41-2/h3-9,14-15,18,24H,10-13,16H2,1-2H3,(H,39,40)/t24-/m0/s1. The maximum atomic E-state index is 15.1. The first-order valence-corrected chi connectivity index (χ1v) is 13.1. The summed E-state index contributed by atoms with van der Waals surface area (Å²) >= 11 is 0. The fraction of sp³-hybridized carbons (Fsp3) is 0.333. The highest BCUT2D eigenvalue weighted by atomic mass is 19.4. The van der Waals surface area contributed by atoms with Crippen molar-refractivity contribution in [2.24, 2.45) is 10.9 Å². The van der Waals surface area contributed by atoms with Crippen LogP contribution >= 0.6 is 0 Å². The Morgan fingerprint density at radius 1 is 1.05 bits per heavy atom. The van der Waals surface area contributed by atoms with Gasteiger partial charge in [-0.25, -0.2) is 13.8 Å². The summed E-state index contributed by atoms with van der Waals surface area (Å²) in [6, 6.07) is 11.0. The number of rotatable bonds is 6. The van der Waals surface area contributed by atoms with Crippen LogP contribution in [0.3, 0.4) is 0 Å². The quantitative estimate of drug-likeness (QED) is 0.314. The van der Waals surface area contributed by atoms with E-state index < -0.39 is 36.0 Å². The van der Waals surface area contributed by atoms with Crippen LogP contribution in [0.2, 0.25) is 0 Å². The minimum Gasteiger partial charge on any atom is -0.495 e. The van der Waals surface area contributed by atoms with Crippen molar-refractivity contribution in [3.05, 3.63) is 82.9 Å². The summed E-state index contributed by atoms with van der Waals surface area (Å²) in [5, 5.41) is 9.83. The SMILES string of the molecule is COc1ccc(C(F)(F)F)cc1N1C(C2CCN(c3ccc(F)c(C)c3)CC2)=Nc2c(F)cccc2[C@@H]1CC(=O)O. The third-order valence-electron chi connectivity index (χ3n) is 7.66. The summed E-state index contributed by atoms with van der Waals surface area (Å²) in [7, 11) is 1.32. The number of methoxy groups -OCH3 is 1. The summed E-state index contributed by atoms with van der Waals surface area (Å²) in [4.78, 5) is 20.2. The summed E-state index contributed by atoms with van der Waals surface area (Å²) < 4.78 is 75.8. The molecular weight excluding hydrogens is 545 g/mol. The third kappa shape index (κ3) is 5.57. The zero-order chi connectivity index (χ0) is 29.5. The minimum absolute atomic E-state index is 0.00109. The van der Waals surface area contributed by atoms with Crippen LogP contribution in [0.25, 0.3) is 0 Å². The maximum Gasteiger partial charge on any atom is 0.416 e. The number of para-hydroxylation sites is 1. The molecule has 1 saturated heterocycles. The molecule has 1 fully saturated rings. The van der Waals surface area contributed by atoms with Crippen molar-refractivity contribution in [3.63, 3.8) is 0 Å². The van der Waals surface area contributed by atoms with Crippen molar-refractivity contribution in [2.75, 3.05) is 30.0 Å². The number of hydrogen-bond donors (Lipinski definition) is 1. The molecule has 6 nitrogen and oxygen atoms in total. The molecule has 0 saturated carbocycles. The smallest absolute Gasteiger partial charge is 0.416 e. The average molecular weight is 574 g/mol. The lowest BCUT2D eigenvalue weighted by atomic mass is 9.89. The van der Waals surface area contributed by atoms with Crippen molar-refractivity contribution in [1.82, 2.24) is 0 Å². The van der Waals surface area contributed by atoms with Gasteiger partial charge in [0.15, 0.2) is 0 Å². The molecule has 3 aromatic carbocycles. The number of benzene rings is 3. The van der Waals surface area contributed by atoms with Gasteiger partial charge in [-0.3, -0.25) is 4.79 Å². The molecule has 2 aliphatic heterocycles. The number of alkyl halides is 3. The van der Waals surface area contributed by atoms with E-state index in [1.54, 1.807) is 25.1 Å². The lowest BCUT2D eigenvalue weighted by Crippen LogP contribution is -2.46. The van der Waals surface area contributed by atoms with E-state index in [9.17, 15) is 27.5 Å². The van der Waals surface area contributed by atoms with E-state index in [2.05, 4.69) is 9.89 Å². The van der Waals surface area contributed by atoms with Gasteiger partial charge in [0.05, 0.1) is 30.8 Å². The molecule has 0 amide bonds. The second kappa shape index (κ2) is 11.0. The van der Waals surface area contributed by atoms with Gasteiger partial charge in [0.2, 0.25) is 0 Å². The second-order valence-corrected chi connectivity index (χ2v) is 10.2. The second-order valence-electron chi connectivity index (χ2n) is 10.2. The topological polar surface area (TPSA) is 65.4 Å². The molecule has 0 radical (unpaired) electrons. The van der Waals surface area contributed by atoms with Gasteiger partial charge in [0.25, 0.3) is 0 Å². The zero-order valence-electron chi connectivity index (χ0n) is 22.4. The molecule has 0 aromatic heterocycles. The van der Waals surface area contributed by atoms with Crippen LogP contribution in [0.15, 0.2) is 59.6 Å². The van der Waals surface area contributed by atoms with Crippen LogP contribution in [-0.2, 0) is 11.0 Å². The van der Waals surface area contributed by atoms with Crippen molar-refractivity contribution in [2.45, 2.75) is 38.4 Å². The van der Waals surface area contributed by atoms with Crippen molar-refractivity contribution in [3.8, 4) is 5.75 Å². The highest BCUT2D eigenvalue weighted by Gasteiger charge is 2.41. The minimum atomic E-state index is -4.67. The van der Waals surface area contributed by atoms with Gasteiger partial charge >= 0.3 is 12.1 Å². The van der Waals surface area contributed by atoms with E-state index in [0.717, 1.165) is 17.8 Å². The Labute approximate surface area is 233 Å². The van der Waals surface area contributed by atoms with E-state index in [4.69, 9.17) is 4.74 Å². The monoisotopic (exact) mass is 573 g/mol. The van der Waals surface area contributed by atoms with Crippen molar-refractivity contribution in [1.29, 1.82) is 0 Å². The number of ether oxygens (including phenoxy) is 1. The molecule has 0 spiro atoms. The van der Waals surface area contributed by atoms with Crippen molar-refractivity contribution >= 4 is 28.9 Å². The number of amidine groups is 1. The first kappa shape index (κ1) is 28.4. The first-order chi connectivity index (χ1) is 19.5. The van der Waals surface area contributed by atoms with Crippen molar-refractivity contribution < 1.29 is 36.6 Å². The lowest BCUT2D eigenvalue weighted by molar-refractivity contribution is -0.138. The van der Waals surface area contributed by atoms with Gasteiger partial charge in [-0.1, -0.05) is 12.1 Å². The van der Waals surface area contributed by atoms with Crippen LogP contribution in [0.5, 0.6) is 5.75 Å². The number of fused-ring (bicyclic) bond motifs is 1. The molecule has 1 N–H and O–H groups in total. The molecule has 11 heteroatoms. The predicted octanol–water partition coefficient (Wildman–Crippen LogP) is 7.28. The Bertz CT molecular complexity index is 1500. The van der Waals surface area contributed by atoms with Gasteiger partial charge in [-0.05, 0) is 67.8 Å². The molecular formula is C30H28F5N3O3. The number of carboxylic acids is 1. The third-order valence-corrected chi connectivity index (χ3v) is 7.66. The van der Waals surface area contributed by atoms with Gasteiger partial charge in [0.1, 0.15) is 28.9 Å². The molecule has 5 rings (SSSR count). The highest BCUT2D eigenvalue weighted by Crippen LogP contribution is 2.47. The Balaban J connectivity index is 1.61. The number of carbonyl (C=O) groups is 1. The Morgan fingerprint density at radius 3 is 2.41 bits per heavy atom. The lowest BCUT2D eigenvalue weighted by Gasteiger charge is -2.43. The number of aliphatic carboxylic acids is 1. The summed E-state index contributed by atoms with van der Waals surface area (Å²) in [5.74, 6) is -2.12. The molecule has 0 unspecified atom stereocenters. The van der Waals surface area contributed by atoms with Gasteiger partial charge in [-0.2, -0.15) is 13.2 Å². The van der Waals surface area contributed by atoms with E-state index in [1.807, 2.05) is 0 Å². The molecule has 0 aliphatic carbocycles. The molecule has 2 aliphatic rings. The van der Waals surface area contributed by atoms with E-state index in [0.29, 0.717) is 31.5 Å². The molecule has 3 aromatic rings. The zero-order valence-corrected chi connectivity index (χ0v) is 22.4. The molecule has 0 bridgehead atoms. The fourth-order valence-electron chi connectivity index (χ4n) is 5.61. The van der Waals surface area contributed by atoms with Crippen LogP contribution in [0, 0.1) is 24.5 Å². The number of nitrogens with zero attached hydrogens (tertiary/aromatic N) is 3. The fourth-order valence-corrected chi connectivity index (χ4v) is 5.61. The summed E-state index contributed by atoms with van der Waals surface area (Å²) in [6.07, 6.45) is -4.19. The number of piperidine rings is 1. The number of halogens is 5.